The van der Waals surface area contributed by atoms with Crippen LogP contribution in [-0.4, -0.2) is 26.1 Å². The Bertz CT molecular complexity index is 1430. The highest BCUT2D eigenvalue weighted by Gasteiger charge is 2.32. The lowest BCUT2D eigenvalue weighted by molar-refractivity contribution is -0.122. The number of thiocarbonyl (C=S) groups is 1. The number of hydrogen-bond acceptors (Lipinski definition) is 7. The highest BCUT2D eigenvalue weighted by Crippen LogP contribution is 2.34. The SMILES string of the molecule is O=C(OCc1ccncc1)c1ccc(-c2ccc(/C=C3/SC(=S)N(Cc4ccccc4)C3=O)o2)cc1. The Hall–Kier alpha value is -4.01. The summed E-state index contributed by atoms with van der Waals surface area (Å²) in [5.41, 5.74) is 3.13. The summed E-state index contributed by atoms with van der Waals surface area (Å²) in [4.78, 5) is 31.3. The second-order valence-corrected chi connectivity index (χ2v) is 9.64. The molecule has 5 rings (SSSR count). The third kappa shape index (κ3) is 5.45. The molecule has 1 fully saturated rings. The average Bonchev–Trinajstić information content (AvgIpc) is 3.49. The number of hydrogen-bond donors (Lipinski definition) is 0. The van der Waals surface area contributed by atoms with Crippen molar-refractivity contribution in [3.63, 3.8) is 0 Å². The highest BCUT2D eigenvalue weighted by molar-refractivity contribution is 8.26. The number of aromatic nitrogens is 1. The molecule has 0 saturated carbocycles. The molecule has 36 heavy (non-hydrogen) atoms. The number of amides is 1. The predicted octanol–water partition coefficient (Wildman–Crippen LogP) is 6.10. The van der Waals surface area contributed by atoms with Gasteiger partial charge in [-0.3, -0.25) is 14.7 Å². The van der Waals surface area contributed by atoms with Crippen LogP contribution in [0.3, 0.4) is 0 Å². The van der Waals surface area contributed by atoms with Crippen molar-refractivity contribution in [3.8, 4) is 11.3 Å². The van der Waals surface area contributed by atoms with Crippen LogP contribution in [0.25, 0.3) is 17.4 Å². The van der Waals surface area contributed by atoms with E-state index in [0.29, 0.717) is 32.9 Å². The second-order valence-electron chi connectivity index (χ2n) is 7.96. The minimum atomic E-state index is -0.406. The van der Waals surface area contributed by atoms with Gasteiger partial charge in [0.25, 0.3) is 5.91 Å². The van der Waals surface area contributed by atoms with Crippen LogP contribution in [0.2, 0.25) is 0 Å². The van der Waals surface area contributed by atoms with Gasteiger partial charge in [-0.05, 0) is 47.5 Å². The van der Waals surface area contributed by atoms with Crippen molar-refractivity contribution < 1.29 is 18.7 Å². The van der Waals surface area contributed by atoms with Gasteiger partial charge in [0.15, 0.2) is 0 Å². The number of esters is 1. The summed E-state index contributed by atoms with van der Waals surface area (Å²) in [6, 6.07) is 23.9. The van der Waals surface area contributed by atoms with Crippen LogP contribution in [0.1, 0.15) is 27.2 Å². The quantitative estimate of drug-likeness (QED) is 0.168. The molecule has 0 spiro atoms. The average molecular weight is 513 g/mol. The summed E-state index contributed by atoms with van der Waals surface area (Å²) in [6.07, 6.45) is 5.02. The fourth-order valence-corrected chi connectivity index (χ4v) is 4.83. The molecule has 0 bridgehead atoms. The van der Waals surface area contributed by atoms with Gasteiger partial charge in [-0.25, -0.2) is 4.79 Å². The Morgan fingerprint density at radius 2 is 1.72 bits per heavy atom. The van der Waals surface area contributed by atoms with Crippen molar-refractivity contribution in [1.29, 1.82) is 0 Å². The van der Waals surface area contributed by atoms with Crippen LogP contribution in [-0.2, 0) is 22.7 Å². The number of ether oxygens (including phenoxy) is 1. The maximum absolute atomic E-state index is 12.9. The fraction of sp³-hybridized carbons (Fsp3) is 0.0714. The lowest BCUT2D eigenvalue weighted by atomic mass is 10.1. The first-order valence-corrected chi connectivity index (χ1v) is 12.3. The molecule has 1 saturated heterocycles. The number of benzene rings is 2. The van der Waals surface area contributed by atoms with Crippen LogP contribution in [0, 0.1) is 0 Å². The van der Waals surface area contributed by atoms with Crippen molar-refractivity contribution in [2.24, 2.45) is 0 Å². The molecule has 0 atom stereocenters. The lowest BCUT2D eigenvalue weighted by Crippen LogP contribution is -2.27. The number of nitrogens with zero attached hydrogens (tertiary/aromatic N) is 2. The van der Waals surface area contributed by atoms with E-state index in [1.54, 1.807) is 65.8 Å². The molecule has 0 N–H and O–H groups in total. The zero-order chi connectivity index (χ0) is 24.9. The summed E-state index contributed by atoms with van der Waals surface area (Å²) < 4.78 is 11.8. The van der Waals surface area contributed by atoms with E-state index >= 15 is 0 Å². The molecule has 8 heteroatoms. The number of furan rings is 1. The van der Waals surface area contributed by atoms with E-state index in [1.165, 1.54) is 11.8 Å². The van der Waals surface area contributed by atoms with E-state index in [9.17, 15) is 9.59 Å². The minimum Gasteiger partial charge on any atom is -0.457 e. The van der Waals surface area contributed by atoms with Gasteiger partial charge in [0.05, 0.1) is 17.0 Å². The monoisotopic (exact) mass is 512 g/mol. The van der Waals surface area contributed by atoms with Crippen LogP contribution in [0.4, 0.5) is 0 Å². The first-order chi connectivity index (χ1) is 17.6. The van der Waals surface area contributed by atoms with Crippen LogP contribution >= 0.6 is 24.0 Å². The Kier molecular flexibility index (Phi) is 7.06. The standard InChI is InChI=1S/C28H20N2O4S2/c31-26-25(36-28(35)30(26)17-19-4-2-1-3-5-19)16-23-10-11-24(34-23)21-6-8-22(9-7-21)27(32)33-18-20-12-14-29-15-13-20/h1-16H,17-18H2/b25-16+. The third-order valence-electron chi connectivity index (χ3n) is 5.48. The molecular weight excluding hydrogens is 492 g/mol. The van der Waals surface area contributed by atoms with Crippen molar-refractivity contribution in [2.45, 2.75) is 13.2 Å². The summed E-state index contributed by atoms with van der Waals surface area (Å²) in [5, 5.41) is 0. The molecule has 1 amide bonds. The third-order valence-corrected chi connectivity index (χ3v) is 6.86. The molecule has 0 radical (unpaired) electrons. The molecule has 178 valence electrons. The van der Waals surface area contributed by atoms with Gasteiger partial charge in [0.2, 0.25) is 0 Å². The Labute approximate surface area is 217 Å². The van der Waals surface area contributed by atoms with E-state index in [4.69, 9.17) is 21.4 Å². The smallest absolute Gasteiger partial charge is 0.338 e. The Morgan fingerprint density at radius 3 is 2.47 bits per heavy atom. The molecule has 1 aliphatic rings. The first kappa shape index (κ1) is 23.7. The lowest BCUT2D eigenvalue weighted by Gasteiger charge is -2.14. The number of thioether (sulfide) groups is 1. The zero-order valence-corrected chi connectivity index (χ0v) is 20.6. The summed E-state index contributed by atoms with van der Waals surface area (Å²) in [5.74, 6) is 0.626. The normalized spacial score (nSPS) is 14.4. The van der Waals surface area contributed by atoms with Gasteiger partial charge in [0.1, 0.15) is 22.4 Å². The molecule has 6 nitrogen and oxygen atoms in total. The van der Waals surface area contributed by atoms with E-state index in [1.807, 2.05) is 36.4 Å². The molecule has 2 aromatic heterocycles. The van der Waals surface area contributed by atoms with E-state index in [2.05, 4.69) is 4.98 Å². The molecule has 2 aromatic carbocycles. The van der Waals surface area contributed by atoms with Gasteiger partial charge in [0, 0.05) is 24.0 Å². The minimum absolute atomic E-state index is 0.138. The Balaban J connectivity index is 1.24. The highest BCUT2D eigenvalue weighted by atomic mass is 32.2. The van der Waals surface area contributed by atoms with Gasteiger partial charge >= 0.3 is 5.97 Å². The van der Waals surface area contributed by atoms with E-state index in [0.717, 1.165) is 16.7 Å². The number of pyridine rings is 1. The van der Waals surface area contributed by atoms with Gasteiger partial charge < -0.3 is 9.15 Å². The number of carbonyl (C=O) groups is 2. The van der Waals surface area contributed by atoms with Gasteiger partial charge in [-0.1, -0.05) is 66.4 Å². The van der Waals surface area contributed by atoms with Gasteiger partial charge in [-0.15, -0.1) is 0 Å². The summed E-state index contributed by atoms with van der Waals surface area (Å²) >= 11 is 6.69. The molecule has 0 unspecified atom stereocenters. The molecule has 3 heterocycles. The molecular formula is C28H20N2O4S2. The number of carbonyl (C=O) groups excluding carboxylic acids is 2. The number of rotatable bonds is 7. The zero-order valence-electron chi connectivity index (χ0n) is 19.0. The largest absolute Gasteiger partial charge is 0.457 e. The van der Waals surface area contributed by atoms with E-state index in [-0.39, 0.29) is 12.5 Å². The maximum atomic E-state index is 12.9. The Morgan fingerprint density at radius 1 is 0.972 bits per heavy atom. The van der Waals surface area contributed by atoms with Gasteiger partial charge in [-0.2, -0.15) is 0 Å². The van der Waals surface area contributed by atoms with Crippen LogP contribution < -0.4 is 0 Å². The first-order valence-electron chi connectivity index (χ1n) is 11.1. The topological polar surface area (TPSA) is 72.6 Å². The van der Waals surface area contributed by atoms with Crippen LogP contribution in [0.5, 0.6) is 0 Å². The predicted molar refractivity (Wildman–Crippen MR) is 143 cm³/mol. The van der Waals surface area contributed by atoms with Crippen molar-refractivity contribution in [1.82, 2.24) is 9.88 Å². The van der Waals surface area contributed by atoms with Crippen LogP contribution in [0.15, 0.2) is 101 Å². The van der Waals surface area contributed by atoms with Crippen molar-refractivity contribution in [2.75, 3.05) is 0 Å². The fourth-order valence-electron chi connectivity index (χ4n) is 3.60. The van der Waals surface area contributed by atoms with Crippen molar-refractivity contribution in [3.05, 3.63) is 119 Å². The van der Waals surface area contributed by atoms with E-state index < -0.39 is 5.97 Å². The summed E-state index contributed by atoms with van der Waals surface area (Å²) in [7, 11) is 0. The molecule has 4 aromatic rings. The second kappa shape index (κ2) is 10.7. The van der Waals surface area contributed by atoms with Crippen molar-refractivity contribution >= 4 is 46.3 Å². The molecule has 1 aliphatic heterocycles. The molecule has 0 aliphatic carbocycles. The summed E-state index contributed by atoms with van der Waals surface area (Å²) in [6.45, 7) is 0.617. The maximum Gasteiger partial charge on any atom is 0.338 e.